The Labute approximate surface area is 193 Å². The number of aromatic amines is 1. The molecule has 2 fully saturated rings. The first-order valence-corrected chi connectivity index (χ1v) is 12.1. The number of carbonyl (C=O) groups is 1. The molecule has 6 rings (SSSR count). The van der Waals surface area contributed by atoms with Gasteiger partial charge in [-0.05, 0) is 49.4 Å². The molecule has 0 radical (unpaired) electrons. The molecule has 1 aromatic carbocycles. The zero-order valence-corrected chi connectivity index (χ0v) is 18.8. The Morgan fingerprint density at radius 3 is 2.94 bits per heavy atom. The normalized spacial score (nSPS) is 24.1. The predicted octanol–water partition coefficient (Wildman–Crippen LogP) is 4.35. The van der Waals surface area contributed by atoms with Gasteiger partial charge in [-0.25, -0.2) is 4.98 Å². The van der Waals surface area contributed by atoms with Crippen molar-refractivity contribution in [2.24, 2.45) is 4.99 Å². The van der Waals surface area contributed by atoms with Crippen LogP contribution in [0.5, 0.6) is 0 Å². The number of rotatable bonds is 3. The monoisotopic (exact) mass is 442 g/mol. The van der Waals surface area contributed by atoms with Gasteiger partial charge in [0.2, 0.25) is 5.91 Å². The zero-order chi connectivity index (χ0) is 22.3. The minimum absolute atomic E-state index is 0.165. The van der Waals surface area contributed by atoms with Gasteiger partial charge in [0.05, 0.1) is 24.7 Å². The maximum absolute atomic E-state index is 13.4. The Hall–Kier alpha value is -3.35. The molecule has 3 aliphatic rings. The van der Waals surface area contributed by atoms with E-state index in [0.29, 0.717) is 19.0 Å². The fourth-order valence-electron chi connectivity index (χ4n) is 5.64. The molecule has 3 N–H and O–H groups in total. The van der Waals surface area contributed by atoms with Crippen molar-refractivity contribution in [3.05, 3.63) is 54.4 Å². The SMILES string of the molecule is O=C(Cc1c[nH]c2ccccc12)N1CCCC2(C1)Nc1cccnc1NC2=NC1CCCC1. The summed E-state index contributed by atoms with van der Waals surface area (Å²) in [5.74, 6) is 1.94. The number of amidine groups is 1. The maximum Gasteiger partial charge on any atom is 0.227 e. The average Bonchev–Trinajstić information content (AvgIpc) is 3.50. The van der Waals surface area contributed by atoms with Crippen molar-refractivity contribution in [3.63, 3.8) is 0 Å². The summed E-state index contributed by atoms with van der Waals surface area (Å²) in [6, 6.07) is 12.5. The molecule has 7 heteroatoms. The van der Waals surface area contributed by atoms with Crippen molar-refractivity contribution in [3.8, 4) is 0 Å². The van der Waals surface area contributed by atoms with Gasteiger partial charge in [-0.2, -0.15) is 0 Å². The molecule has 4 heterocycles. The number of amides is 1. The molecular formula is C26H30N6O. The van der Waals surface area contributed by atoms with Crippen molar-refractivity contribution in [2.75, 3.05) is 23.7 Å². The summed E-state index contributed by atoms with van der Waals surface area (Å²) in [5, 5.41) is 8.42. The third kappa shape index (κ3) is 3.75. The molecule has 3 aromatic rings. The molecule has 7 nitrogen and oxygen atoms in total. The number of carbonyl (C=O) groups excluding carboxylic acids is 1. The molecule has 1 saturated carbocycles. The summed E-state index contributed by atoms with van der Waals surface area (Å²) in [6.07, 6.45) is 10.8. The smallest absolute Gasteiger partial charge is 0.227 e. The zero-order valence-electron chi connectivity index (χ0n) is 18.8. The largest absolute Gasteiger partial charge is 0.368 e. The minimum atomic E-state index is -0.396. The van der Waals surface area contributed by atoms with Crippen molar-refractivity contribution in [2.45, 2.75) is 56.5 Å². The molecule has 170 valence electrons. The average molecular weight is 443 g/mol. The Morgan fingerprint density at radius 1 is 1.15 bits per heavy atom. The van der Waals surface area contributed by atoms with E-state index in [9.17, 15) is 4.79 Å². The highest BCUT2D eigenvalue weighted by atomic mass is 16.2. The number of nitrogens with one attached hydrogen (secondary N) is 3. The van der Waals surface area contributed by atoms with Crippen molar-refractivity contribution in [1.82, 2.24) is 14.9 Å². The highest BCUT2D eigenvalue weighted by Gasteiger charge is 2.45. The van der Waals surface area contributed by atoms with E-state index in [1.165, 1.54) is 12.8 Å². The van der Waals surface area contributed by atoms with Gasteiger partial charge < -0.3 is 20.5 Å². The molecule has 33 heavy (non-hydrogen) atoms. The molecule has 1 atom stereocenters. The highest BCUT2D eigenvalue weighted by Crippen LogP contribution is 2.36. The maximum atomic E-state index is 13.4. The van der Waals surface area contributed by atoms with Crippen molar-refractivity contribution >= 4 is 34.2 Å². The summed E-state index contributed by atoms with van der Waals surface area (Å²) >= 11 is 0. The van der Waals surface area contributed by atoms with Crippen LogP contribution < -0.4 is 10.6 Å². The van der Waals surface area contributed by atoms with E-state index in [-0.39, 0.29) is 5.91 Å². The van der Waals surface area contributed by atoms with Crippen molar-refractivity contribution < 1.29 is 4.79 Å². The number of piperidine rings is 1. The van der Waals surface area contributed by atoms with Crippen LogP contribution in [0.15, 0.2) is 53.8 Å². The van der Waals surface area contributed by atoms with Crippen LogP contribution >= 0.6 is 0 Å². The number of aromatic nitrogens is 2. The van der Waals surface area contributed by atoms with Crippen LogP contribution in [0.3, 0.4) is 0 Å². The predicted molar refractivity (Wildman–Crippen MR) is 132 cm³/mol. The number of hydrogen-bond donors (Lipinski definition) is 3. The molecule has 1 unspecified atom stereocenters. The fourth-order valence-corrected chi connectivity index (χ4v) is 5.64. The second-order valence-corrected chi connectivity index (χ2v) is 9.60. The van der Waals surface area contributed by atoms with Crippen molar-refractivity contribution in [1.29, 1.82) is 0 Å². The van der Waals surface area contributed by atoms with E-state index in [4.69, 9.17) is 4.99 Å². The van der Waals surface area contributed by atoms with Crippen LogP contribution in [0.1, 0.15) is 44.1 Å². The second-order valence-electron chi connectivity index (χ2n) is 9.60. The molecule has 1 aliphatic carbocycles. The van der Waals surface area contributed by atoms with Crippen LogP contribution in [0.25, 0.3) is 10.9 Å². The molecule has 1 saturated heterocycles. The number of H-pyrrole nitrogens is 1. The lowest BCUT2D eigenvalue weighted by Gasteiger charge is -2.47. The van der Waals surface area contributed by atoms with E-state index in [1.54, 1.807) is 6.20 Å². The highest BCUT2D eigenvalue weighted by molar-refractivity contribution is 6.09. The van der Waals surface area contributed by atoms with Gasteiger partial charge in [0, 0.05) is 29.8 Å². The van der Waals surface area contributed by atoms with E-state index >= 15 is 0 Å². The van der Waals surface area contributed by atoms with Gasteiger partial charge in [-0.15, -0.1) is 0 Å². The summed E-state index contributed by atoms with van der Waals surface area (Å²) < 4.78 is 0. The van der Waals surface area contributed by atoms with Gasteiger partial charge in [0.25, 0.3) is 0 Å². The number of hydrogen-bond acceptors (Lipinski definition) is 4. The lowest BCUT2D eigenvalue weighted by Crippen LogP contribution is -2.63. The number of anilines is 2. The first-order chi connectivity index (χ1) is 16.2. The topological polar surface area (TPSA) is 85.4 Å². The number of fused-ring (bicyclic) bond motifs is 2. The Balaban J connectivity index is 1.28. The first kappa shape index (κ1) is 20.3. The van der Waals surface area contributed by atoms with E-state index < -0.39 is 5.54 Å². The first-order valence-electron chi connectivity index (χ1n) is 12.1. The van der Waals surface area contributed by atoms with Gasteiger partial charge >= 0.3 is 0 Å². The quantitative estimate of drug-likeness (QED) is 0.563. The van der Waals surface area contributed by atoms with Gasteiger partial charge in [0.15, 0.2) is 5.82 Å². The summed E-state index contributed by atoms with van der Waals surface area (Å²) in [6.45, 7) is 1.39. The fraction of sp³-hybridized carbons (Fsp3) is 0.423. The lowest BCUT2D eigenvalue weighted by molar-refractivity contribution is -0.131. The Bertz CT molecular complexity index is 1210. The third-order valence-electron chi connectivity index (χ3n) is 7.37. The Morgan fingerprint density at radius 2 is 2.03 bits per heavy atom. The minimum Gasteiger partial charge on any atom is -0.368 e. The van der Waals surface area contributed by atoms with E-state index in [1.807, 2.05) is 35.4 Å². The third-order valence-corrected chi connectivity index (χ3v) is 7.37. The number of likely N-dealkylation sites (tertiary alicyclic amines) is 1. The standard InChI is InChI=1S/C26H30N6O/c33-23(15-18-16-28-21-10-4-3-9-20(18)21)32-14-6-12-26(17-32)25(29-19-7-1-2-8-19)30-24-22(31-26)11-5-13-27-24/h3-5,9-11,13,16,19,28,31H,1-2,6-8,12,14-15,17H2,(H,27,29,30). The summed E-state index contributed by atoms with van der Waals surface area (Å²) in [7, 11) is 0. The molecule has 0 bridgehead atoms. The van der Waals surface area contributed by atoms with Gasteiger partial charge in [0.1, 0.15) is 11.4 Å². The van der Waals surface area contributed by atoms with E-state index in [0.717, 1.165) is 66.0 Å². The number of aliphatic imine (C=N–C) groups is 1. The van der Waals surface area contributed by atoms with Crippen LogP contribution in [-0.2, 0) is 11.2 Å². The van der Waals surface area contributed by atoms with E-state index in [2.05, 4.69) is 32.7 Å². The summed E-state index contributed by atoms with van der Waals surface area (Å²) in [5.41, 5.74) is 2.71. The second kappa shape index (κ2) is 8.21. The molecule has 1 amide bonds. The van der Waals surface area contributed by atoms with Crippen LogP contribution in [0, 0.1) is 0 Å². The molecule has 2 aliphatic heterocycles. The molecule has 2 aromatic heterocycles. The Kier molecular flexibility index (Phi) is 5.04. The molecular weight excluding hydrogens is 412 g/mol. The van der Waals surface area contributed by atoms with Crippen LogP contribution in [0.4, 0.5) is 11.5 Å². The van der Waals surface area contributed by atoms with Gasteiger partial charge in [-0.3, -0.25) is 9.79 Å². The van der Waals surface area contributed by atoms with Crippen LogP contribution in [0.2, 0.25) is 0 Å². The summed E-state index contributed by atoms with van der Waals surface area (Å²) in [4.78, 5) is 28.5. The number of pyridine rings is 1. The number of para-hydroxylation sites is 1. The van der Waals surface area contributed by atoms with Crippen LogP contribution in [-0.4, -0.2) is 51.3 Å². The number of nitrogens with zero attached hydrogens (tertiary/aromatic N) is 3. The molecule has 1 spiro atoms. The van der Waals surface area contributed by atoms with Gasteiger partial charge in [-0.1, -0.05) is 31.0 Å². The lowest BCUT2D eigenvalue weighted by atomic mass is 9.85. The number of benzene rings is 1.